The molecular weight excluding hydrogens is 230 g/mol. The zero-order valence-electron chi connectivity index (χ0n) is 9.22. The number of aldehydes is 1. The Morgan fingerprint density at radius 2 is 1.65 bits per heavy atom. The molecule has 0 spiro atoms. The Hall–Kier alpha value is -1.92. The minimum atomic E-state index is -1.04. The Bertz CT molecular complexity index is 301. The maximum absolute atomic E-state index is 11.2. The van der Waals surface area contributed by atoms with E-state index in [9.17, 15) is 19.2 Å². The zero-order valence-corrected chi connectivity index (χ0v) is 9.22. The number of carboxylic acid groups (broad SMARTS) is 2. The molecule has 0 aromatic heterocycles. The summed E-state index contributed by atoms with van der Waals surface area (Å²) in [4.78, 5) is 42.2. The Morgan fingerprint density at radius 3 is 2.12 bits per heavy atom. The minimum Gasteiger partial charge on any atom is -0.481 e. The van der Waals surface area contributed by atoms with Crippen LogP contribution < -0.4 is 5.32 Å². The van der Waals surface area contributed by atoms with Crippen LogP contribution in [0.3, 0.4) is 0 Å². The van der Waals surface area contributed by atoms with E-state index in [1.165, 1.54) is 0 Å². The Labute approximate surface area is 97.8 Å². The first-order valence-electron chi connectivity index (χ1n) is 5.14. The third-order valence-corrected chi connectivity index (χ3v) is 1.97. The van der Waals surface area contributed by atoms with E-state index in [2.05, 4.69) is 5.32 Å². The number of hydrogen-bond donors (Lipinski definition) is 3. The molecule has 7 nitrogen and oxygen atoms in total. The molecule has 1 amide bonds. The van der Waals surface area contributed by atoms with E-state index in [0.717, 1.165) is 0 Å². The fourth-order valence-corrected chi connectivity index (χ4v) is 1.13. The number of hydrogen-bond acceptors (Lipinski definition) is 4. The van der Waals surface area contributed by atoms with Crippen LogP contribution in [0.5, 0.6) is 0 Å². The van der Waals surface area contributed by atoms with Gasteiger partial charge in [0.15, 0.2) is 0 Å². The van der Waals surface area contributed by atoms with E-state index in [1.54, 1.807) is 0 Å². The molecule has 7 heteroatoms. The highest BCUT2D eigenvalue weighted by molar-refractivity contribution is 5.80. The molecule has 1 atom stereocenters. The van der Waals surface area contributed by atoms with Crippen LogP contribution in [-0.2, 0) is 19.2 Å². The molecule has 0 rings (SSSR count). The van der Waals surface area contributed by atoms with E-state index in [0.29, 0.717) is 6.29 Å². The largest absolute Gasteiger partial charge is 0.481 e. The molecule has 0 aromatic rings. The summed E-state index contributed by atoms with van der Waals surface area (Å²) in [6.07, 6.45) is 0.365. The van der Waals surface area contributed by atoms with Gasteiger partial charge >= 0.3 is 11.9 Å². The molecule has 96 valence electrons. The number of amides is 1. The van der Waals surface area contributed by atoms with Gasteiger partial charge in [0.2, 0.25) is 5.91 Å². The standard InChI is InChI=1S/C10H15NO6/c12-6-7(4-5-10(16)17)11-8(13)2-1-3-9(14)15/h6-7H,1-5H2,(H,11,13)(H,14,15)(H,16,17)/t7-/m0/s1. The predicted molar refractivity (Wildman–Crippen MR) is 56.4 cm³/mol. The van der Waals surface area contributed by atoms with Crippen molar-refractivity contribution in [3.05, 3.63) is 0 Å². The number of rotatable bonds is 9. The predicted octanol–water partition coefficient (Wildman–Crippen LogP) is -0.210. The van der Waals surface area contributed by atoms with Crippen LogP contribution >= 0.6 is 0 Å². The Balaban J connectivity index is 3.85. The smallest absolute Gasteiger partial charge is 0.303 e. The van der Waals surface area contributed by atoms with Crippen molar-refractivity contribution >= 4 is 24.1 Å². The molecule has 0 saturated carbocycles. The highest BCUT2D eigenvalue weighted by Gasteiger charge is 2.13. The van der Waals surface area contributed by atoms with Gasteiger partial charge in [-0.3, -0.25) is 14.4 Å². The van der Waals surface area contributed by atoms with Crippen LogP contribution in [-0.4, -0.2) is 40.4 Å². The van der Waals surface area contributed by atoms with Crippen molar-refractivity contribution in [1.82, 2.24) is 5.32 Å². The molecule has 0 aliphatic carbocycles. The van der Waals surface area contributed by atoms with Gasteiger partial charge < -0.3 is 20.3 Å². The molecule has 17 heavy (non-hydrogen) atoms. The first kappa shape index (κ1) is 15.1. The van der Waals surface area contributed by atoms with Crippen molar-refractivity contribution in [2.24, 2.45) is 0 Å². The van der Waals surface area contributed by atoms with Gasteiger partial charge in [-0.05, 0) is 12.8 Å². The molecule has 0 aliphatic rings. The Kier molecular flexibility index (Phi) is 7.32. The van der Waals surface area contributed by atoms with Gasteiger partial charge in [0.05, 0.1) is 6.04 Å². The summed E-state index contributed by atoms with van der Waals surface area (Å²) < 4.78 is 0. The molecular formula is C10H15NO6. The van der Waals surface area contributed by atoms with Crippen LogP contribution in [0.2, 0.25) is 0 Å². The van der Waals surface area contributed by atoms with Gasteiger partial charge in [-0.1, -0.05) is 0 Å². The van der Waals surface area contributed by atoms with Gasteiger partial charge in [0, 0.05) is 19.3 Å². The third kappa shape index (κ3) is 9.04. The van der Waals surface area contributed by atoms with E-state index < -0.39 is 23.9 Å². The van der Waals surface area contributed by atoms with Crippen LogP contribution in [0.15, 0.2) is 0 Å². The second-order valence-corrected chi connectivity index (χ2v) is 3.49. The summed E-state index contributed by atoms with van der Waals surface area (Å²) >= 11 is 0. The minimum absolute atomic E-state index is 0.00368. The monoisotopic (exact) mass is 245 g/mol. The molecule has 0 radical (unpaired) electrons. The highest BCUT2D eigenvalue weighted by atomic mass is 16.4. The average molecular weight is 245 g/mol. The molecule has 0 aliphatic heterocycles. The van der Waals surface area contributed by atoms with E-state index in [4.69, 9.17) is 10.2 Å². The zero-order chi connectivity index (χ0) is 13.3. The third-order valence-electron chi connectivity index (χ3n) is 1.97. The molecule has 0 heterocycles. The summed E-state index contributed by atoms with van der Waals surface area (Å²) in [7, 11) is 0. The SMILES string of the molecule is O=C[C@H](CCC(=O)O)NC(=O)CCCC(=O)O. The number of aliphatic carboxylic acids is 2. The van der Waals surface area contributed by atoms with Crippen LogP contribution in [0.4, 0.5) is 0 Å². The summed E-state index contributed by atoms with van der Waals surface area (Å²) in [5.41, 5.74) is 0. The highest BCUT2D eigenvalue weighted by Crippen LogP contribution is 1.99. The second kappa shape index (κ2) is 8.26. The molecule has 3 N–H and O–H groups in total. The first-order chi connectivity index (χ1) is 7.95. The maximum Gasteiger partial charge on any atom is 0.303 e. The lowest BCUT2D eigenvalue weighted by atomic mass is 10.1. The van der Waals surface area contributed by atoms with Gasteiger partial charge in [-0.2, -0.15) is 0 Å². The summed E-state index contributed by atoms with van der Waals surface area (Å²) in [6.45, 7) is 0. The summed E-state index contributed by atoms with van der Waals surface area (Å²) in [6, 6.07) is -0.830. The Morgan fingerprint density at radius 1 is 1.06 bits per heavy atom. The molecule has 0 saturated heterocycles. The average Bonchev–Trinajstić information content (AvgIpc) is 2.23. The first-order valence-corrected chi connectivity index (χ1v) is 5.14. The topological polar surface area (TPSA) is 121 Å². The quantitative estimate of drug-likeness (QED) is 0.483. The van der Waals surface area contributed by atoms with E-state index >= 15 is 0 Å². The molecule has 0 unspecified atom stereocenters. The van der Waals surface area contributed by atoms with Crippen LogP contribution in [0.1, 0.15) is 32.1 Å². The van der Waals surface area contributed by atoms with Crippen molar-refractivity contribution in [3.63, 3.8) is 0 Å². The van der Waals surface area contributed by atoms with Crippen molar-refractivity contribution in [1.29, 1.82) is 0 Å². The lowest BCUT2D eigenvalue weighted by Crippen LogP contribution is -2.36. The number of carbonyl (C=O) groups excluding carboxylic acids is 2. The number of nitrogens with one attached hydrogen (secondary N) is 1. The lowest BCUT2D eigenvalue weighted by molar-refractivity contribution is -0.138. The maximum atomic E-state index is 11.2. The molecule has 0 aromatic carbocycles. The fourth-order valence-electron chi connectivity index (χ4n) is 1.13. The van der Waals surface area contributed by atoms with Crippen molar-refractivity contribution in [2.45, 2.75) is 38.1 Å². The van der Waals surface area contributed by atoms with E-state index in [-0.39, 0.29) is 32.1 Å². The lowest BCUT2D eigenvalue weighted by Gasteiger charge is -2.11. The summed E-state index contributed by atoms with van der Waals surface area (Å²) in [5.74, 6) is -2.48. The van der Waals surface area contributed by atoms with Gasteiger partial charge in [-0.15, -0.1) is 0 Å². The number of carbonyl (C=O) groups is 4. The van der Waals surface area contributed by atoms with Gasteiger partial charge in [-0.25, -0.2) is 0 Å². The van der Waals surface area contributed by atoms with Crippen molar-refractivity contribution in [3.8, 4) is 0 Å². The molecule has 0 fully saturated rings. The second-order valence-electron chi connectivity index (χ2n) is 3.49. The van der Waals surface area contributed by atoms with Crippen molar-refractivity contribution < 1.29 is 29.4 Å². The van der Waals surface area contributed by atoms with Crippen LogP contribution in [0, 0.1) is 0 Å². The van der Waals surface area contributed by atoms with Gasteiger partial charge in [0.25, 0.3) is 0 Å². The normalized spacial score (nSPS) is 11.5. The fraction of sp³-hybridized carbons (Fsp3) is 0.600. The summed E-state index contributed by atoms with van der Waals surface area (Å²) in [5, 5.41) is 19.1. The van der Waals surface area contributed by atoms with E-state index in [1.807, 2.05) is 0 Å². The molecule has 0 bridgehead atoms. The number of carboxylic acids is 2. The van der Waals surface area contributed by atoms with Crippen molar-refractivity contribution in [2.75, 3.05) is 0 Å². The van der Waals surface area contributed by atoms with Gasteiger partial charge in [0.1, 0.15) is 6.29 Å². The van der Waals surface area contributed by atoms with Crippen LogP contribution in [0.25, 0.3) is 0 Å².